The van der Waals surface area contributed by atoms with Gasteiger partial charge in [0.15, 0.2) is 12.0 Å². The average Bonchev–Trinajstić information content (AvgIpc) is 2.86. The van der Waals surface area contributed by atoms with Gasteiger partial charge in [0.1, 0.15) is 17.1 Å². The van der Waals surface area contributed by atoms with Crippen molar-refractivity contribution < 1.29 is 37.2 Å². The lowest BCUT2D eigenvalue weighted by molar-refractivity contribution is -0.130. The summed E-state index contributed by atoms with van der Waals surface area (Å²) < 4.78 is 41.6. The van der Waals surface area contributed by atoms with Crippen LogP contribution in [0.15, 0.2) is 109 Å². The van der Waals surface area contributed by atoms with Crippen LogP contribution in [-0.4, -0.2) is 22.5 Å². The molecule has 0 N–H and O–H groups in total. The van der Waals surface area contributed by atoms with E-state index < -0.39 is 31.3 Å². The molecule has 0 bridgehead atoms. The number of ether oxygens (including phenoxy) is 2. The lowest BCUT2D eigenvalue weighted by Crippen LogP contribution is -2.43. The number of benzene rings is 3. The quantitative estimate of drug-likeness (QED) is 0.238. The number of imide groups is 1. The summed E-state index contributed by atoms with van der Waals surface area (Å²) in [6, 6.07) is 25.3. The smallest absolute Gasteiger partial charge is 0.454 e. The lowest BCUT2D eigenvalue weighted by Gasteiger charge is -2.30. The number of phosphoric acid groups is 1. The van der Waals surface area contributed by atoms with Gasteiger partial charge in [-0.15, -0.1) is 0 Å². The number of carbonyl (C=O) groups is 2. The summed E-state index contributed by atoms with van der Waals surface area (Å²) >= 11 is 0. The summed E-state index contributed by atoms with van der Waals surface area (Å²) in [6.07, 6.45) is 1.35. The van der Waals surface area contributed by atoms with E-state index in [1.165, 1.54) is 6.08 Å². The molecule has 3 aromatic rings. The van der Waals surface area contributed by atoms with E-state index in [1.54, 1.807) is 106 Å². The Balaban J connectivity index is 1.71. The molecule has 0 fully saturated rings. The van der Waals surface area contributed by atoms with Crippen LogP contribution in [0.25, 0.3) is 6.08 Å². The maximum atomic E-state index is 13.9. The molecular formula is C28H26NO8P. The van der Waals surface area contributed by atoms with Crippen LogP contribution < -0.4 is 9.05 Å². The summed E-state index contributed by atoms with van der Waals surface area (Å²) in [6.45, 7) is 4.92. The number of amides is 2. The highest BCUT2D eigenvalue weighted by molar-refractivity contribution is 7.49. The molecule has 196 valence electrons. The molecule has 38 heavy (non-hydrogen) atoms. The molecule has 0 radical (unpaired) electrons. The van der Waals surface area contributed by atoms with Crippen LogP contribution in [0.4, 0.5) is 4.79 Å². The summed E-state index contributed by atoms with van der Waals surface area (Å²) in [5, 5.41) is 0. The van der Waals surface area contributed by atoms with E-state index in [-0.39, 0.29) is 17.3 Å². The van der Waals surface area contributed by atoms with Crippen molar-refractivity contribution in [1.82, 2.24) is 4.90 Å². The highest BCUT2D eigenvalue weighted by atomic mass is 31.2. The first-order valence-corrected chi connectivity index (χ1v) is 13.1. The fourth-order valence-electron chi connectivity index (χ4n) is 3.16. The first kappa shape index (κ1) is 26.6. The Kier molecular flexibility index (Phi) is 7.88. The van der Waals surface area contributed by atoms with Crippen molar-refractivity contribution in [3.8, 4) is 11.5 Å². The van der Waals surface area contributed by atoms with Crippen LogP contribution in [0.2, 0.25) is 0 Å². The zero-order valence-corrected chi connectivity index (χ0v) is 21.9. The zero-order chi connectivity index (χ0) is 27.2. The van der Waals surface area contributed by atoms with Gasteiger partial charge in [-0.1, -0.05) is 66.7 Å². The van der Waals surface area contributed by atoms with Crippen molar-refractivity contribution in [2.24, 2.45) is 0 Å². The van der Waals surface area contributed by atoms with Crippen LogP contribution in [0.3, 0.4) is 0 Å². The second-order valence-electron chi connectivity index (χ2n) is 8.96. The van der Waals surface area contributed by atoms with Gasteiger partial charge in [-0.2, -0.15) is 9.46 Å². The molecule has 1 aliphatic heterocycles. The van der Waals surface area contributed by atoms with E-state index in [1.807, 2.05) is 6.07 Å². The molecule has 10 heteroatoms. The van der Waals surface area contributed by atoms with E-state index >= 15 is 0 Å². The van der Waals surface area contributed by atoms with Gasteiger partial charge in [0.25, 0.3) is 5.88 Å². The molecule has 9 nitrogen and oxygen atoms in total. The predicted octanol–water partition coefficient (Wildman–Crippen LogP) is 6.90. The maximum absolute atomic E-state index is 13.9. The number of rotatable bonds is 7. The molecule has 0 saturated carbocycles. The Labute approximate surface area is 220 Å². The highest BCUT2D eigenvalue weighted by Gasteiger charge is 2.43. The largest absolute Gasteiger partial charge is 0.648 e. The summed E-state index contributed by atoms with van der Waals surface area (Å²) in [5.74, 6) is -1.28. The number of para-hydroxylation sites is 2. The van der Waals surface area contributed by atoms with Crippen LogP contribution in [0.5, 0.6) is 11.5 Å². The molecule has 1 heterocycles. The Morgan fingerprint density at radius 3 is 1.82 bits per heavy atom. The minimum atomic E-state index is -4.54. The van der Waals surface area contributed by atoms with Gasteiger partial charge in [-0.05, 0) is 56.7 Å². The molecule has 0 aromatic heterocycles. The predicted molar refractivity (Wildman–Crippen MR) is 139 cm³/mol. The SMILES string of the molecule is CC(C)(C)OC(=O)N1C(=O)/C(=C/c2ccccc2)OC=C1OP(=O)(Oc1ccccc1)Oc1ccccc1. The lowest BCUT2D eigenvalue weighted by atomic mass is 10.2. The topological polar surface area (TPSA) is 101 Å². The molecule has 0 atom stereocenters. The molecule has 0 saturated heterocycles. The third kappa shape index (κ3) is 7.05. The van der Waals surface area contributed by atoms with Gasteiger partial charge in [0, 0.05) is 0 Å². The van der Waals surface area contributed by atoms with E-state index in [0.717, 1.165) is 6.26 Å². The second kappa shape index (κ2) is 11.3. The fraction of sp³-hybridized carbons (Fsp3) is 0.143. The van der Waals surface area contributed by atoms with Gasteiger partial charge in [0.05, 0.1) is 0 Å². The number of hydrogen-bond acceptors (Lipinski definition) is 8. The minimum Gasteiger partial charge on any atom is -0.454 e. The van der Waals surface area contributed by atoms with Gasteiger partial charge in [-0.25, -0.2) is 4.79 Å². The standard InChI is InChI=1S/C28H26NO8P/c1-28(2,3)34-27(31)29-25(20-33-24(26(29)30)19-21-13-7-4-8-14-21)37-38(32,35-22-15-9-5-10-16-22)36-23-17-11-6-12-18-23/h4-20H,1-3H3/b24-19-. The molecule has 1 aliphatic rings. The monoisotopic (exact) mass is 535 g/mol. The first-order chi connectivity index (χ1) is 18.1. The van der Waals surface area contributed by atoms with Gasteiger partial charge >= 0.3 is 19.8 Å². The fourth-order valence-corrected chi connectivity index (χ4v) is 4.38. The maximum Gasteiger partial charge on any atom is 0.648 e. The Morgan fingerprint density at radius 2 is 1.32 bits per heavy atom. The number of phosphoric ester groups is 1. The average molecular weight is 535 g/mol. The van der Waals surface area contributed by atoms with Crippen molar-refractivity contribution in [2.75, 3.05) is 0 Å². The number of hydrogen-bond donors (Lipinski definition) is 0. The molecular weight excluding hydrogens is 509 g/mol. The number of carbonyl (C=O) groups excluding carboxylic acids is 2. The normalized spacial score (nSPS) is 14.8. The summed E-state index contributed by atoms with van der Waals surface area (Å²) in [7, 11) is -4.54. The van der Waals surface area contributed by atoms with Crippen LogP contribution in [0, 0.1) is 0 Å². The van der Waals surface area contributed by atoms with Crippen molar-refractivity contribution in [1.29, 1.82) is 0 Å². The second-order valence-corrected chi connectivity index (χ2v) is 10.4. The summed E-state index contributed by atoms with van der Waals surface area (Å²) in [4.78, 5) is 27.1. The molecule has 0 spiro atoms. The molecule has 2 amide bonds. The molecule has 0 aliphatic carbocycles. The summed E-state index contributed by atoms with van der Waals surface area (Å²) in [5.41, 5.74) is -0.294. The Hall–Kier alpha value is -4.49. The third-order valence-electron chi connectivity index (χ3n) is 4.72. The Bertz CT molecular complexity index is 1340. The highest BCUT2D eigenvalue weighted by Crippen LogP contribution is 2.52. The van der Waals surface area contributed by atoms with Crippen LogP contribution in [-0.2, 0) is 23.4 Å². The zero-order valence-electron chi connectivity index (χ0n) is 21.0. The van der Waals surface area contributed by atoms with Gasteiger partial charge < -0.3 is 23.0 Å². The first-order valence-electron chi connectivity index (χ1n) is 11.6. The van der Waals surface area contributed by atoms with E-state index in [4.69, 9.17) is 23.0 Å². The third-order valence-corrected chi connectivity index (χ3v) is 6.00. The molecule has 4 rings (SSSR count). The molecule has 3 aromatic carbocycles. The van der Waals surface area contributed by atoms with Crippen molar-refractivity contribution >= 4 is 25.9 Å². The van der Waals surface area contributed by atoms with Gasteiger partial charge in [0.2, 0.25) is 0 Å². The van der Waals surface area contributed by atoms with E-state index in [2.05, 4.69) is 0 Å². The number of nitrogens with zero attached hydrogens (tertiary/aromatic N) is 1. The van der Waals surface area contributed by atoms with E-state index in [9.17, 15) is 14.2 Å². The van der Waals surface area contributed by atoms with Crippen LogP contribution in [0.1, 0.15) is 26.3 Å². The van der Waals surface area contributed by atoms with Crippen molar-refractivity contribution in [3.05, 3.63) is 114 Å². The van der Waals surface area contributed by atoms with Crippen LogP contribution >= 0.6 is 7.82 Å². The van der Waals surface area contributed by atoms with Gasteiger partial charge in [-0.3, -0.25) is 4.79 Å². The van der Waals surface area contributed by atoms with Crippen molar-refractivity contribution in [2.45, 2.75) is 26.4 Å². The molecule has 0 unspecified atom stereocenters. The minimum absolute atomic E-state index is 0.170. The van der Waals surface area contributed by atoms with E-state index in [0.29, 0.717) is 10.5 Å². The Morgan fingerprint density at radius 1 is 0.816 bits per heavy atom. The van der Waals surface area contributed by atoms with Crippen molar-refractivity contribution in [3.63, 3.8) is 0 Å².